The predicted molar refractivity (Wildman–Crippen MR) is 132 cm³/mol. The van der Waals surface area contributed by atoms with Crippen molar-refractivity contribution in [3.8, 4) is 0 Å². The maximum Gasteiger partial charge on any atom is 0.405 e. The molecule has 6 heteroatoms. The number of benzene rings is 2. The van der Waals surface area contributed by atoms with Crippen LogP contribution in [0.4, 0.5) is 9.18 Å². The molecular weight excluding hydrogens is 429 g/mol. The molecule has 1 amide bonds. The molecule has 0 aliphatic carbocycles. The van der Waals surface area contributed by atoms with E-state index in [2.05, 4.69) is 30.5 Å². The lowest BCUT2D eigenvalue weighted by Gasteiger charge is -2.34. The second kappa shape index (κ2) is 9.29. The van der Waals surface area contributed by atoms with Gasteiger partial charge in [0.1, 0.15) is 11.4 Å². The van der Waals surface area contributed by atoms with E-state index in [0.29, 0.717) is 13.0 Å². The van der Waals surface area contributed by atoms with E-state index >= 15 is 0 Å². The van der Waals surface area contributed by atoms with Crippen LogP contribution < -0.4 is 5.73 Å². The van der Waals surface area contributed by atoms with Crippen LogP contribution in [0.15, 0.2) is 66.9 Å². The molecule has 34 heavy (non-hydrogen) atoms. The normalized spacial score (nSPS) is 12.6. The van der Waals surface area contributed by atoms with Gasteiger partial charge >= 0.3 is 6.09 Å². The summed E-state index contributed by atoms with van der Waals surface area (Å²) in [5, 5.41) is 0. The molecule has 5 nitrogen and oxygen atoms in total. The number of fused-ring (bicyclic) bond motifs is 1. The number of halogens is 1. The van der Waals surface area contributed by atoms with Gasteiger partial charge in [0, 0.05) is 24.4 Å². The van der Waals surface area contributed by atoms with Gasteiger partial charge in [-0.3, -0.25) is 4.98 Å². The minimum Gasteiger partial charge on any atom is -0.443 e. The number of ether oxygens (including phenoxy) is 1. The zero-order valence-electron chi connectivity index (χ0n) is 20.0. The van der Waals surface area contributed by atoms with Gasteiger partial charge in [-0.25, -0.2) is 9.18 Å². The van der Waals surface area contributed by atoms with E-state index in [9.17, 15) is 9.18 Å². The molecule has 0 radical (unpaired) electrons. The maximum absolute atomic E-state index is 13.6. The van der Waals surface area contributed by atoms with E-state index in [1.54, 1.807) is 18.3 Å². The average Bonchev–Trinajstić information content (AvgIpc) is 3.03. The number of hydrogen-bond donors (Lipinski definition) is 1. The smallest absolute Gasteiger partial charge is 0.405 e. The summed E-state index contributed by atoms with van der Waals surface area (Å²) in [6.07, 6.45) is 1.51. The first-order valence-corrected chi connectivity index (χ1v) is 11.4. The molecule has 1 atom stereocenters. The van der Waals surface area contributed by atoms with Crippen LogP contribution in [0.5, 0.6) is 0 Å². The molecule has 1 unspecified atom stereocenters. The Morgan fingerprint density at radius 1 is 1.06 bits per heavy atom. The Morgan fingerprint density at radius 2 is 1.74 bits per heavy atom. The largest absolute Gasteiger partial charge is 0.443 e. The van der Waals surface area contributed by atoms with E-state index in [4.69, 9.17) is 15.5 Å². The third-order valence-electron chi connectivity index (χ3n) is 6.64. The van der Waals surface area contributed by atoms with Crippen molar-refractivity contribution in [2.45, 2.75) is 52.2 Å². The van der Waals surface area contributed by atoms with Gasteiger partial charge in [-0.1, -0.05) is 42.5 Å². The number of rotatable bonds is 7. The summed E-state index contributed by atoms with van der Waals surface area (Å²) < 4.78 is 21.5. The van der Waals surface area contributed by atoms with Gasteiger partial charge < -0.3 is 15.0 Å². The monoisotopic (exact) mass is 459 g/mol. The number of aromatic nitrogens is 2. The molecule has 0 spiro atoms. The third kappa shape index (κ3) is 4.67. The van der Waals surface area contributed by atoms with Gasteiger partial charge in [-0.05, 0) is 74.6 Å². The molecule has 2 heterocycles. The van der Waals surface area contributed by atoms with Crippen molar-refractivity contribution in [3.63, 3.8) is 0 Å². The standard InChI is InChI=1S/C28H30FN3O2/c1-18-19(2)32(17-21-8-6-5-7-9-21)26-23(14-15-31-25(18)26)24(28(3,4)34-27(30)33)16-20-10-12-22(29)13-11-20/h5-15,24H,16-17H2,1-4H3,(H2,30,33). The fourth-order valence-electron chi connectivity index (χ4n) is 4.73. The predicted octanol–water partition coefficient (Wildman–Crippen LogP) is 6.04. The van der Waals surface area contributed by atoms with Crippen LogP contribution in [-0.4, -0.2) is 21.2 Å². The Kier molecular flexibility index (Phi) is 6.42. The highest BCUT2D eigenvalue weighted by Crippen LogP contribution is 2.39. The maximum atomic E-state index is 13.6. The van der Waals surface area contributed by atoms with Crippen LogP contribution in [0.3, 0.4) is 0 Å². The van der Waals surface area contributed by atoms with Crippen LogP contribution in [0, 0.1) is 19.7 Å². The Morgan fingerprint density at radius 3 is 2.38 bits per heavy atom. The SMILES string of the molecule is Cc1c(C)n(Cc2ccccc2)c2c(C(Cc3ccc(F)cc3)C(C)(C)OC(N)=O)ccnc12. The third-order valence-corrected chi connectivity index (χ3v) is 6.64. The van der Waals surface area contributed by atoms with E-state index in [1.165, 1.54) is 17.7 Å². The summed E-state index contributed by atoms with van der Waals surface area (Å²) in [6.45, 7) is 8.60. The lowest BCUT2D eigenvalue weighted by atomic mass is 9.79. The molecule has 0 fully saturated rings. The summed E-state index contributed by atoms with van der Waals surface area (Å²) in [5.74, 6) is -0.540. The molecule has 4 rings (SSSR count). The second-order valence-corrected chi connectivity index (χ2v) is 9.29. The van der Waals surface area contributed by atoms with Crippen molar-refractivity contribution in [1.29, 1.82) is 0 Å². The van der Waals surface area contributed by atoms with Crippen LogP contribution in [-0.2, 0) is 17.7 Å². The molecule has 0 saturated carbocycles. The van der Waals surface area contributed by atoms with Crippen molar-refractivity contribution in [3.05, 3.63) is 101 Å². The quantitative estimate of drug-likeness (QED) is 0.366. The molecule has 2 aromatic carbocycles. The van der Waals surface area contributed by atoms with E-state index in [-0.39, 0.29) is 11.7 Å². The Hall–Kier alpha value is -3.67. The van der Waals surface area contributed by atoms with Gasteiger partial charge in [0.25, 0.3) is 0 Å². The van der Waals surface area contributed by atoms with Crippen molar-refractivity contribution < 1.29 is 13.9 Å². The van der Waals surface area contributed by atoms with Gasteiger partial charge in [0.2, 0.25) is 0 Å². The number of primary amides is 1. The molecule has 176 valence electrons. The molecule has 2 aromatic heterocycles. The summed E-state index contributed by atoms with van der Waals surface area (Å²) in [6, 6.07) is 18.7. The number of carbonyl (C=O) groups excluding carboxylic acids is 1. The summed E-state index contributed by atoms with van der Waals surface area (Å²) in [7, 11) is 0. The van der Waals surface area contributed by atoms with E-state index in [1.807, 2.05) is 38.1 Å². The number of hydrogen-bond acceptors (Lipinski definition) is 3. The Labute approximate surface area is 199 Å². The van der Waals surface area contributed by atoms with Crippen molar-refractivity contribution in [1.82, 2.24) is 9.55 Å². The van der Waals surface area contributed by atoms with Gasteiger partial charge in [0.15, 0.2) is 0 Å². The van der Waals surface area contributed by atoms with Crippen molar-refractivity contribution >= 4 is 17.1 Å². The van der Waals surface area contributed by atoms with Crippen molar-refractivity contribution in [2.75, 3.05) is 0 Å². The van der Waals surface area contributed by atoms with Crippen LogP contribution in [0.25, 0.3) is 11.0 Å². The fourth-order valence-corrected chi connectivity index (χ4v) is 4.73. The zero-order valence-corrected chi connectivity index (χ0v) is 20.0. The number of carbonyl (C=O) groups is 1. The summed E-state index contributed by atoms with van der Waals surface area (Å²) in [5.41, 5.74) is 11.8. The first-order chi connectivity index (χ1) is 16.2. The Bertz CT molecular complexity index is 1310. The highest BCUT2D eigenvalue weighted by molar-refractivity contribution is 5.85. The van der Waals surface area contributed by atoms with Gasteiger partial charge in [0.05, 0.1) is 11.0 Å². The van der Waals surface area contributed by atoms with E-state index in [0.717, 1.165) is 33.4 Å². The first kappa shape index (κ1) is 23.5. The minimum absolute atomic E-state index is 0.251. The van der Waals surface area contributed by atoms with Crippen LogP contribution in [0.2, 0.25) is 0 Å². The van der Waals surface area contributed by atoms with Crippen LogP contribution >= 0.6 is 0 Å². The molecule has 0 aliphatic rings. The number of aryl methyl sites for hydroxylation is 1. The molecular formula is C28H30FN3O2. The van der Waals surface area contributed by atoms with Crippen molar-refractivity contribution in [2.24, 2.45) is 5.73 Å². The number of nitrogens with zero attached hydrogens (tertiary/aromatic N) is 2. The first-order valence-electron chi connectivity index (χ1n) is 11.4. The zero-order chi connectivity index (χ0) is 24.5. The fraction of sp³-hybridized carbons (Fsp3) is 0.286. The summed E-state index contributed by atoms with van der Waals surface area (Å²) >= 11 is 0. The summed E-state index contributed by atoms with van der Waals surface area (Å²) in [4.78, 5) is 16.5. The highest BCUT2D eigenvalue weighted by atomic mass is 19.1. The lowest BCUT2D eigenvalue weighted by molar-refractivity contribution is 0.0239. The average molecular weight is 460 g/mol. The molecule has 2 N–H and O–H groups in total. The Balaban J connectivity index is 1.91. The molecule has 0 bridgehead atoms. The number of pyridine rings is 1. The molecule has 0 aliphatic heterocycles. The number of amides is 1. The second-order valence-electron chi connectivity index (χ2n) is 9.29. The lowest BCUT2D eigenvalue weighted by Crippen LogP contribution is -2.38. The molecule has 4 aromatic rings. The highest BCUT2D eigenvalue weighted by Gasteiger charge is 2.36. The van der Waals surface area contributed by atoms with E-state index < -0.39 is 11.7 Å². The van der Waals surface area contributed by atoms with Crippen LogP contribution in [0.1, 0.15) is 47.7 Å². The topological polar surface area (TPSA) is 70.1 Å². The number of nitrogens with two attached hydrogens (primary N) is 1. The van der Waals surface area contributed by atoms with Gasteiger partial charge in [-0.2, -0.15) is 0 Å². The minimum atomic E-state index is -0.918. The molecule has 0 saturated heterocycles. The van der Waals surface area contributed by atoms with Gasteiger partial charge in [-0.15, -0.1) is 0 Å².